The number of hydrogen-bond acceptors (Lipinski definition) is 3. The maximum Gasteiger partial charge on any atom is 0.314 e. The largest absolute Gasteiger partial charge is 0.465 e. The number of rotatable bonds is 4. The first-order chi connectivity index (χ1) is 7.14. The molecule has 0 aromatic carbocycles. The number of methoxy groups -OCH3 is 1. The summed E-state index contributed by atoms with van der Waals surface area (Å²) in [5.41, 5.74) is -0.373. The molecule has 3 heteroatoms. The van der Waals surface area contributed by atoms with Crippen molar-refractivity contribution in [1.29, 1.82) is 0 Å². The lowest BCUT2D eigenvalue weighted by molar-refractivity contribution is -0.162. The molecule has 2 atom stereocenters. The third-order valence-electron chi connectivity index (χ3n) is 3.22. The van der Waals surface area contributed by atoms with E-state index in [1.54, 1.807) is 7.11 Å². The molecule has 0 amide bonds. The summed E-state index contributed by atoms with van der Waals surface area (Å²) in [6.45, 7) is 5.00. The van der Waals surface area contributed by atoms with Crippen LogP contribution in [0.4, 0.5) is 0 Å². The minimum Gasteiger partial charge on any atom is -0.465 e. The molecule has 1 aliphatic carbocycles. The molecule has 0 saturated heterocycles. The van der Waals surface area contributed by atoms with Gasteiger partial charge in [-0.1, -0.05) is 19.8 Å². The summed E-state index contributed by atoms with van der Waals surface area (Å²) in [4.78, 5) is 12.0. The molecule has 1 fully saturated rings. The van der Waals surface area contributed by atoms with Gasteiger partial charge in [0, 0.05) is 7.11 Å². The molecule has 1 rings (SSSR count). The summed E-state index contributed by atoms with van der Waals surface area (Å²) in [7, 11) is 1.65. The zero-order valence-electron chi connectivity index (χ0n) is 10.0. The van der Waals surface area contributed by atoms with E-state index in [1.807, 2.05) is 6.92 Å². The van der Waals surface area contributed by atoms with Crippen LogP contribution < -0.4 is 0 Å². The monoisotopic (exact) mass is 214 g/mol. The molecule has 0 radical (unpaired) electrons. The number of carbonyl (C=O) groups excluding carboxylic acids is 1. The summed E-state index contributed by atoms with van der Waals surface area (Å²) in [6, 6.07) is 0. The first-order valence-electron chi connectivity index (χ1n) is 5.81. The van der Waals surface area contributed by atoms with Crippen molar-refractivity contribution in [3.8, 4) is 0 Å². The van der Waals surface area contributed by atoms with E-state index < -0.39 is 0 Å². The molecule has 0 aliphatic heterocycles. The quantitative estimate of drug-likeness (QED) is 0.674. The van der Waals surface area contributed by atoms with Gasteiger partial charge in [-0.3, -0.25) is 4.79 Å². The van der Waals surface area contributed by atoms with Crippen LogP contribution >= 0.6 is 0 Å². The third kappa shape index (κ3) is 2.94. The van der Waals surface area contributed by atoms with Crippen molar-refractivity contribution in [3.05, 3.63) is 0 Å². The molecule has 0 spiro atoms. The van der Waals surface area contributed by atoms with Crippen molar-refractivity contribution in [2.24, 2.45) is 11.3 Å². The fraction of sp³-hybridized carbons (Fsp3) is 0.917. The van der Waals surface area contributed by atoms with E-state index in [4.69, 9.17) is 9.47 Å². The van der Waals surface area contributed by atoms with Crippen LogP contribution in [0.5, 0.6) is 0 Å². The van der Waals surface area contributed by atoms with Gasteiger partial charge in [-0.15, -0.1) is 0 Å². The van der Waals surface area contributed by atoms with Gasteiger partial charge in [-0.2, -0.15) is 0 Å². The zero-order valence-corrected chi connectivity index (χ0v) is 10.0. The zero-order chi connectivity index (χ0) is 11.3. The van der Waals surface area contributed by atoms with Gasteiger partial charge < -0.3 is 9.47 Å². The maximum atomic E-state index is 12.0. The second kappa shape index (κ2) is 5.50. The lowest BCUT2D eigenvalue weighted by Crippen LogP contribution is -2.41. The highest BCUT2D eigenvalue weighted by atomic mass is 16.5. The van der Waals surface area contributed by atoms with Crippen LogP contribution in [0.25, 0.3) is 0 Å². The van der Waals surface area contributed by atoms with Crippen molar-refractivity contribution in [3.63, 3.8) is 0 Å². The summed E-state index contributed by atoms with van der Waals surface area (Å²) in [5, 5.41) is 0. The molecule has 2 unspecified atom stereocenters. The van der Waals surface area contributed by atoms with Crippen LogP contribution in [0.1, 0.15) is 39.5 Å². The fourth-order valence-electron chi connectivity index (χ4n) is 2.60. The Morgan fingerprint density at radius 3 is 2.80 bits per heavy atom. The van der Waals surface area contributed by atoms with Crippen LogP contribution in [0, 0.1) is 11.3 Å². The van der Waals surface area contributed by atoms with Crippen molar-refractivity contribution in [2.75, 3.05) is 20.3 Å². The van der Waals surface area contributed by atoms with E-state index >= 15 is 0 Å². The number of carbonyl (C=O) groups is 1. The van der Waals surface area contributed by atoms with E-state index in [0.717, 1.165) is 19.3 Å². The predicted molar refractivity (Wildman–Crippen MR) is 58.6 cm³/mol. The minimum absolute atomic E-state index is 0.0709. The van der Waals surface area contributed by atoms with E-state index in [1.165, 1.54) is 6.42 Å². The smallest absolute Gasteiger partial charge is 0.314 e. The van der Waals surface area contributed by atoms with Crippen LogP contribution in [-0.2, 0) is 14.3 Å². The Morgan fingerprint density at radius 1 is 1.53 bits per heavy atom. The Balaban J connectivity index is 2.72. The lowest BCUT2D eigenvalue weighted by Gasteiger charge is -2.37. The summed E-state index contributed by atoms with van der Waals surface area (Å²) in [6.07, 6.45) is 4.12. The normalized spacial score (nSPS) is 31.3. The topological polar surface area (TPSA) is 35.5 Å². The SMILES string of the molecule is CCOC(=O)C1(COC)CCCC(C)C1. The van der Waals surface area contributed by atoms with Crippen LogP contribution in [0.2, 0.25) is 0 Å². The number of ether oxygens (including phenoxy) is 2. The highest BCUT2D eigenvalue weighted by Crippen LogP contribution is 2.40. The third-order valence-corrected chi connectivity index (χ3v) is 3.22. The molecule has 88 valence electrons. The Labute approximate surface area is 92.1 Å². The Kier molecular flexibility index (Phi) is 4.58. The molecular weight excluding hydrogens is 192 g/mol. The number of hydrogen-bond donors (Lipinski definition) is 0. The van der Waals surface area contributed by atoms with Gasteiger partial charge in [0.2, 0.25) is 0 Å². The van der Waals surface area contributed by atoms with Crippen molar-refractivity contribution in [2.45, 2.75) is 39.5 Å². The second-order valence-electron chi connectivity index (χ2n) is 4.64. The van der Waals surface area contributed by atoms with Gasteiger partial charge in [0.25, 0.3) is 0 Å². The van der Waals surface area contributed by atoms with Crippen LogP contribution in [0.15, 0.2) is 0 Å². The van der Waals surface area contributed by atoms with E-state index in [9.17, 15) is 4.79 Å². The molecule has 1 saturated carbocycles. The molecule has 0 aromatic heterocycles. The summed E-state index contributed by atoms with van der Waals surface area (Å²) >= 11 is 0. The highest BCUT2D eigenvalue weighted by Gasteiger charge is 2.43. The average Bonchev–Trinajstić information content (AvgIpc) is 2.18. The van der Waals surface area contributed by atoms with E-state index in [0.29, 0.717) is 19.1 Å². The van der Waals surface area contributed by atoms with Crippen molar-refractivity contribution >= 4 is 5.97 Å². The molecule has 0 bridgehead atoms. The Morgan fingerprint density at radius 2 is 2.27 bits per heavy atom. The van der Waals surface area contributed by atoms with Gasteiger partial charge in [0.05, 0.1) is 18.6 Å². The van der Waals surface area contributed by atoms with Crippen molar-refractivity contribution < 1.29 is 14.3 Å². The summed E-state index contributed by atoms with van der Waals surface area (Å²) in [5.74, 6) is 0.525. The molecule has 0 aromatic rings. The fourth-order valence-corrected chi connectivity index (χ4v) is 2.60. The molecule has 1 aliphatic rings. The van der Waals surface area contributed by atoms with E-state index in [-0.39, 0.29) is 11.4 Å². The predicted octanol–water partition coefficient (Wildman–Crippen LogP) is 2.39. The Bertz CT molecular complexity index is 211. The minimum atomic E-state index is -0.373. The standard InChI is InChI=1S/C12H22O3/c1-4-15-11(13)12(9-14-3)7-5-6-10(2)8-12/h10H,4-9H2,1-3H3. The molecule has 0 heterocycles. The molecule has 3 nitrogen and oxygen atoms in total. The van der Waals surface area contributed by atoms with Gasteiger partial charge in [-0.25, -0.2) is 0 Å². The first kappa shape index (κ1) is 12.5. The van der Waals surface area contributed by atoms with Gasteiger partial charge in [-0.05, 0) is 25.7 Å². The van der Waals surface area contributed by atoms with Gasteiger partial charge in [0.1, 0.15) is 0 Å². The van der Waals surface area contributed by atoms with Gasteiger partial charge >= 0.3 is 5.97 Å². The molecular formula is C12H22O3. The molecule has 0 N–H and O–H groups in total. The van der Waals surface area contributed by atoms with Gasteiger partial charge in [0.15, 0.2) is 0 Å². The average molecular weight is 214 g/mol. The Hall–Kier alpha value is -0.570. The molecule has 15 heavy (non-hydrogen) atoms. The number of esters is 1. The lowest BCUT2D eigenvalue weighted by atomic mass is 9.70. The maximum absolute atomic E-state index is 12.0. The summed E-state index contributed by atoms with van der Waals surface area (Å²) < 4.78 is 10.4. The first-order valence-corrected chi connectivity index (χ1v) is 5.81. The second-order valence-corrected chi connectivity index (χ2v) is 4.64. The van der Waals surface area contributed by atoms with Crippen LogP contribution in [0.3, 0.4) is 0 Å². The highest BCUT2D eigenvalue weighted by molar-refractivity contribution is 5.77. The van der Waals surface area contributed by atoms with Crippen LogP contribution in [-0.4, -0.2) is 26.3 Å². The van der Waals surface area contributed by atoms with E-state index in [2.05, 4.69) is 6.92 Å². The van der Waals surface area contributed by atoms with Crippen molar-refractivity contribution in [1.82, 2.24) is 0 Å².